The molecule has 0 unspecified atom stereocenters. The molecule has 3 rings (SSSR count). The van der Waals surface area contributed by atoms with Crippen molar-refractivity contribution in [1.82, 2.24) is 10.3 Å². The number of thiazole rings is 1. The van der Waals surface area contributed by atoms with Gasteiger partial charge in [0.25, 0.3) is 5.91 Å². The molecule has 0 saturated carbocycles. The zero-order chi connectivity index (χ0) is 17.8. The van der Waals surface area contributed by atoms with Gasteiger partial charge < -0.3 is 10.2 Å². The van der Waals surface area contributed by atoms with Gasteiger partial charge in [0, 0.05) is 24.3 Å². The topological polar surface area (TPSA) is 45.2 Å². The van der Waals surface area contributed by atoms with Crippen molar-refractivity contribution in [1.29, 1.82) is 0 Å². The number of aryl methyl sites for hydroxylation is 1. The van der Waals surface area contributed by atoms with Gasteiger partial charge in [0.2, 0.25) is 0 Å². The van der Waals surface area contributed by atoms with Gasteiger partial charge in [0.1, 0.15) is 4.88 Å². The first-order valence-corrected chi connectivity index (χ1v) is 9.03. The molecule has 2 aromatic carbocycles. The summed E-state index contributed by atoms with van der Waals surface area (Å²) in [5.41, 5.74) is 2.64. The van der Waals surface area contributed by atoms with Crippen LogP contribution in [0.2, 0.25) is 5.02 Å². The lowest BCUT2D eigenvalue weighted by molar-refractivity contribution is 0.0954. The van der Waals surface area contributed by atoms with Crippen molar-refractivity contribution in [2.24, 2.45) is 0 Å². The quantitative estimate of drug-likeness (QED) is 0.700. The van der Waals surface area contributed by atoms with Gasteiger partial charge in [-0.2, -0.15) is 0 Å². The third kappa shape index (κ3) is 4.00. The second-order valence-corrected chi connectivity index (χ2v) is 6.96. The number of benzene rings is 2. The van der Waals surface area contributed by atoms with E-state index in [4.69, 9.17) is 11.6 Å². The molecule has 0 spiro atoms. The maximum absolute atomic E-state index is 12.5. The molecule has 4 nitrogen and oxygen atoms in total. The largest absolute Gasteiger partial charge is 0.347 e. The summed E-state index contributed by atoms with van der Waals surface area (Å²) in [6.45, 7) is 2.24. The SMILES string of the molecule is Cc1nc(N(C)c2ccccc2)sc1C(=O)NCc1ccccc1Cl. The number of hydrogen-bond acceptors (Lipinski definition) is 4. The second kappa shape index (κ2) is 7.68. The van der Waals surface area contributed by atoms with Crippen LogP contribution in [-0.2, 0) is 6.54 Å². The highest BCUT2D eigenvalue weighted by atomic mass is 35.5. The van der Waals surface area contributed by atoms with E-state index in [9.17, 15) is 4.79 Å². The van der Waals surface area contributed by atoms with Gasteiger partial charge in [0.05, 0.1) is 5.69 Å². The molecule has 1 amide bonds. The van der Waals surface area contributed by atoms with Crippen LogP contribution in [0, 0.1) is 6.92 Å². The monoisotopic (exact) mass is 371 g/mol. The third-order valence-corrected chi connectivity index (χ3v) is 5.42. The zero-order valence-electron chi connectivity index (χ0n) is 14.0. The number of carbonyl (C=O) groups excluding carboxylic acids is 1. The van der Waals surface area contributed by atoms with Crippen molar-refractivity contribution in [2.75, 3.05) is 11.9 Å². The molecule has 0 aliphatic carbocycles. The smallest absolute Gasteiger partial charge is 0.263 e. The van der Waals surface area contributed by atoms with Gasteiger partial charge in [0.15, 0.2) is 5.13 Å². The molecule has 1 heterocycles. The molecule has 128 valence electrons. The Balaban J connectivity index is 1.73. The first-order chi connectivity index (χ1) is 12.1. The lowest BCUT2D eigenvalue weighted by Crippen LogP contribution is -2.22. The predicted molar refractivity (Wildman–Crippen MR) is 104 cm³/mol. The summed E-state index contributed by atoms with van der Waals surface area (Å²) in [5, 5.41) is 4.35. The molecule has 25 heavy (non-hydrogen) atoms. The third-order valence-electron chi connectivity index (χ3n) is 3.82. The van der Waals surface area contributed by atoms with Crippen molar-refractivity contribution < 1.29 is 4.79 Å². The summed E-state index contributed by atoms with van der Waals surface area (Å²) in [5.74, 6) is -0.136. The van der Waals surface area contributed by atoms with Crippen LogP contribution in [0.3, 0.4) is 0 Å². The van der Waals surface area contributed by atoms with Gasteiger partial charge in [-0.15, -0.1) is 0 Å². The van der Waals surface area contributed by atoms with E-state index < -0.39 is 0 Å². The van der Waals surface area contributed by atoms with E-state index >= 15 is 0 Å². The molecule has 3 aromatic rings. The summed E-state index contributed by atoms with van der Waals surface area (Å²) in [6.07, 6.45) is 0. The Morgan fingerprint density at radius 3 is 2.56 bits per heavy atom. The van der Waals surface area contributed by atoms with Crippen molar-refractivity contribution in [2.45, 2.75) is 13.5 Å². The molecule has 0 fully saturated rings. The highest BCUT2D eigenvalue weighted by Crippen LogP contribution is 2.30. The van der Waals surface area contributed by atoms with Gasteiger partial charge >= 0.3 is 0 Å². The van der Waals surface area contributed by atoms with E-state index in [0.29, 0.717) is 16.4 Å². The van der Waals surface area contributed by atoms with Crippen LogP contribution in [0.5, 0.6) is 0 Å². The Morgan fingerprint density at radius 2 is 1.84 bits per heavy atom. The molecule has 0 saturated heterocycles. The Hall–Kier alpha value is -2.37. The van der Waals surface area contributed by atoms with Crippen molar-refractivity contribution >= 4 is 39.7 Å². The zero-order valence-corrected chi connectivity index (χ0v) is 15.6. The van der Waals surface area contributed by atoms with Gasteiger partial charge in [-0.05, 0) is 30.7 Å². The number of nitrogens with zero attached hydrogens (tertiary/aromatic N) is 2. The van der Waals surface area contributed by atoms with Crippen LogP contribution in [0.25, 0.3) is 0 Å². The molecule has 0 bridgehead atoms. The van der Waals surface area contributed by atoms with Gasteiger partial charge in [-0.25, -0.2) is 4.98 Å². The van der Waals surface area contributed by atoms with Gasteiger partial charge in [-0.3, -0.25) is 4.79 Å². The van der Waals surface area contributed by atoms with E-state index in [0.717, 1.165) is 22.1 Å². The van der Waals surface area contributed by atoms with E-state index in [1.165, 1.54) is 11.3 Å². The number of carbonyl (C=O) groups is 1. The van der Waals surface area contributed by atoms with Crippen molar-refractivity contribution in [3.05, 3.63) is 75.8 Å². The van der Waals surface area contributed by atoms with E-state index in [2.05, 4.69) is 10.3 Å². The molecule has 0 aliphatic rings. The number of hydrogen-bond donors (Lipinski definition) is 1. The fraction of sp³-hybridized carbons (Fsp3) is 0.158. The van der Waals surface area contributed by atoms with Crippen LogP contribution >= 0.6 is 22.9 Å². The number of anilines is 2. The lowest BCUT2D eigenvalue weighted by Gasteiger charge is -2.15. The summed E-state index contributed by atoms with van der Waals surface area (Å²) >= 11 is 7.51. The highest BCUT2D eigenvalue weighted by Gasteiger charge is 2.18. The second-order valence-electron chi connectivity index (χ2n) is 5.58. The average Bonchev–Trinajstić information content (AvgIpc) is 3.03. The summed E-state index contributed by atoms with van der Waals surface area (Å²) in [7, 11) is 1.94. The number of para-hydroxylation sites is 1. The first kappa shape index (κ1) is 17.5. The molecular formula is C19H18ClN3OS. The summed E-state index contributed by atoms with van der Waals surface area (Å²) in [6, 6.07) is 17.4. The van der Waals surface area contributed by atoms with Crippen LogP contribution < -0.4 is 10.2 Å². The Bertz CT molecular complexity index is 879. The Labute approximate surface area is 156 Å². The molecule has 0 radical (unpaired) electrons. The van der Waals surface area contributed by atoms with E-state index in [1.807, 2.05) is 73.5 Å². The summed E-state index contributed by atoms with van der Waals surface area (Å²) < 4.78 is 0. The van der Waals surface area contributed by atoms with Crippen LogP contribution in [0.4, 0.5) is 10.8 Å². The maximum atomic E-state index is 12.5. The Morgan fingerprint density at radius 1 is 1.16 bits per heavy atom. The molecule has 1 aromatic heterocycles. The van der Waals surface area contributed by atoms with E-state index in [-0.39, 0.29) is 5.91 Å². The minimum atomic E-state index is -0.136. The number of rotatable bonds is 5. The number of halogens is 1. The number of aromatic nitrogens is 1. The molecular weight excluding hydrogens is 354 g/mol. The van der Waals surface area contributed by atoms with Crippen LogP contribution in [0.1, 0.15) is 20.9 Å². The lowest BCUT2D eigenvalue weighted by atomic mass is 10.2. The average molecular weight is 372 g/mol. The number of nitrogens with one attached hydrogen (secondary N) is 1. The fourth-order valence-electron chi connectivity index (χ4n) is 2.40. The predicted octanol–water partition coefficient (Wildman–Crippen LogP) is 4.80. The van der Waals surface area contributed by atoms with Crippen molar-refractivity contribution in [3.63, 3.8) is 0 Å². The molecule has 0 atom stereocenters. The molecule has 0 aliphatic heterocycles. The Kier molecular flexibility index (Phi) is 5.36. The molecule has 6 heteroatoms. The summed E-state index contributed by atoms with van der Waals surface area (Å²) in [4.78, 5) is 19.6. The minimum absolute atomic E-state index is 0.136. The first-order valence-electron chi connectivity index (χ1n) is 7.84. The van der Waals surface area contributed by atoms with Crippen molar-refractivity contribution in [3.8, 4) is 0 Å². The van der Waals surface area contributed by atoms with Crippen LogP contribution in [-0.4, -0.2) is 17.9 Å². The minimum Gasteiger partial charge on any atom is -0.347 e. The van der Waals surface area contributed by atoms with E-state index in [1.54, 1.807) is 0 Å². The fourth-order valence-corrected chi connectivity index (χ4v) is 3.56. The molecule has 1 N–H and O–H groups in total. The standard InChI is InChI=1S/C19H18ClN3OS/c1-13-17(18(24)21-12-14-8-6-7-11-16(14)20)25-19(22-13)23(2)15-9-4-3-5-10-15/h3-11H,12H2,1-2H3,(H,21,24). The van der Waals surface area contributed by atoms with Crippen LogP contribution in [0.15, 0.2) is 54.6 Å². The maximum Gasteiger partial charge on any atom is 0.263 e. The highest BCUT2D eigenvalue weighted by molar-refractivity contribution is 7.17. The van der Waals surface area contributed by atoms with Gasteiger partial charge in [-0.1, -0.05) is 59.3 Å². The number of amides is 1. The normalized spacial score (nSPS) is 10.5.